The maximum Gasteiger partial charge on any atom is 0.326 e. The van der Waals surface area contributed by atoms with Gasteiger partial charge in [0.05, 0.1) is 6.54 Å². The van der Waals surface area contributed by atoms with Crippen LogP contribution in [0.25, 0.3) is 0 Å². The summed E-state index contributed by atoms with van der Waals surface area (Å²) < 4.78 is 0. The molecule has 9 heteroatoms. The first-order chi connectivity index (χ1) is 16.5. The molecule has 186 valence electrons. The van der Waals surface area contributed by atoms with E-state index in [0.717, 1.165) is 5.56 Å². The van der Waals surface area contributed by atoms with Crippen molar-refractivity contribution in [3.8, 4) is 0 Å². The van der Waals surface area contributed by atoms with E-state index >= 15 is 0 Å². The van der Waals surface area contributed by atoms with Gasteiger partial charge < -0.3 is 25.4 Å². The van der Waals surface area contributed by atoms with Crippen molar-refractivity contribution in [3.63, 3.8) is 0 Å². The number of amides is 3. The van der Waals surface area contributed by atoms with Gasteiger partial charge in [0.25, 0.3) is 5.91 Å². The molecule has 0 aliphatic heterocycles. The van der Waals surface area contributed by atoms with Gasteiger partial charge in [-0.2, -0.15) is 0 Å². The molecule has 0 heterocycles. The van der Waals surface area contributed by atoms with E-state index in [1.807, 2.05) is 6.07 Å². The van der Waals surface area contributed by atoms with Crippen LogP contribution in [0.1, 0.15) is 43.1 Å². The normalized spacial score (nSPS) is 12.7. The summed E-state index contributed by atoms with van der Waals surface area (Å²) in [4.78, 5) is 62.6. The zero-order chi connectivity index (χ0) is 26.0. The van der Waals surface area contributed by atoms with Crippen LogP contribution in [-0.4, -0.2) is 58.6 Å². The lowest BCUT2D eigenvalue weighted by Crippen LogP contribution is -2.56. The summed E-state index contributed by atoms with van der Waals surface area (Å²) in [6.45, 7) is 5.00. The van der Waals surface area contributed by atoms with Crippen molar-refractivity contribution < 1.29 is 29.1 Å². The standard InChI is InChI=1S/C26H31N3O6/c1-26(2,3)22(28-23(32)19-12-8-5-9-13-19)24(33)29(16-18-10-6-4-7-11-18)17-21(31)27-20(14-15-30)25(34)35/h4-13,15,20,22H,14,16-17H2,1-3H3,(H,27,31)(H,28,32)(H,34,35)/t20-,22+/m0/s1. The van der Waals surface area contributed by atoms with Crippen molar-refractivity contribution in [2.45, 2.75) is 45.8 Å². The highest BCUT2D eigenvalue weighted by molar-refractivity contribution is 5.98. The first kappa shape index (κ1) is 27.2. The Kier molecular flexibility index (Phi) is 9.69. The summed E-state index contributed by atoms with van der Waals surface area (Å²) in [7, 11) is 0. The minimum Gasteiger partial charge on any atom is -0.480 e. The molecule has 0 fully saturated rings. The van der Waals surface area contributed by atoms with Gasteiger partial charge in [0.2, 0.25) is 11.8 Å². The molecule has 0 spiro atoms. The minimum absolute atomic E-state index is 0.0618. The lowest BCUT2D eigenvalue weighted by molar-refractivity contribution is -0.144. The van der Waals surface area contributed by atoms with E-state index < -0.39 is 54.2 Å². The van der Waals surface area contributed by atoms with Crippen molar-refractivity contribution >= 4 is 30.0 Å². The Hall–Kier alpha value is -4.01. The molecule has 2 rings (SSSR count). The molecule has 3 N–H and O–H groups in total. The Labute approximate surface area is 204 Å². The third-order valence-corrected chi connectivity index (χ3v) is 5.25. The Balaban J connectivity index is 2.31. The minimum atomic E-state index is -1.40. The molecular formula is C26H31N3O6. The molecule has 2 aromatic rings. The fourth-order valence-corrected chi connectivity index (χ4v) is 3.38. The first-order valence-electron chi connectivity index (χ1n) is 11.2. The van der Waals surface area contributed by atoms with Crippen LogP contribution in [0.5, 0.6) is 0 Å². The van der Waals surface area contributed by atoms with Gasteiger partial charge in [0, 0.05) is 18.5 Å². The number of nitrogens with one attached hydrogen (secondary N) is 2. The molecular weight excluding hydrogens is 450 g/mol. The predicted octanol–water partition coefficient (Wildman–Crippen LogP) is 2.02. The number of hydrogen-bond donors (Lipinski definition) is 3. The van der Waals surface area contributed by atoms with Crippen LogP contribution < -0.4 is 10.6 Å². The molecule has 0 radical (unpaired) electrons. The van der Waals surface area contributed by atoms with E-state index in [-0.39, 0.29) is 6.54 Å². The van der Waals surface area contributed by atoms with Crippen LogP contribution in [-0.2, 0) is 25.7 Å². The number of carboxylic acids is 1. The smallest absolute Gasteiger partial charge is 0.326 e. The largest absolute Gasteiger partial charge is 0.480 e. The quantitative estimate of drug-likeness (QED) is 0.421. The van der Waals surface area contributed by atoms with Crippen LogP contribution in [0.2, 0.25) is 0 Å². The number of benzene rings is 2. The molecule has 0 aromatic heterocycles. The number of carboxylic acid groups (broad SMARTS) is 1. The first-order valence-corrected chi connectivity index (χ1v) is 11.2. The summed E-state index contributed by atoms with van der Waals surface area (Å²) in [5.41, 5.74) is 0.437. The van der Waals surface area contributed by atoms with Crippen LogP contribution >= 0.6 is 0 Å². The lowest BCUT2D eigenvalue weighted by atomic mass is 9.85. The van der Waals surface area contributed by atoms with Gasteiger partial charge >= 0.3 is 5.97 Å². The molecule has 0 unspecified atom stereocenters. The summed E-state index contributed by atoms with van der Waals surface area (Å²) >= 11 is 0. The maximum atomic E-state index is 13.7. The predicted molar refractivity (Wildman–Crippen MR) is 129 cm³/mol. The van der Waals surface area contributed by atoms with E-state index in [0.29, 0.717) is 11.8 Å². The van der Waals surface area contributed by atoms with Gasteiger partial charge in [-0.3, -0.25) is 14.4 Å². The maximum absolute atomic E-state index is 13.7. The number of rotatable bonds is 11. The third kappa shape index (κ3) is 8.37. The summed E-state index contributed by atoms with van der Waals surface area (Å²) in [5, 5.41) is 14.3. The Morgan fingerprint density at radius 1 is 0.943 bits per heavy atom. The molecule has 2 atom stereocenters. The molecule has 0 aliphatic rings. The van der Waals surface area contributed by atoms with Crippen molar-refractivity contribution in [1.29, 1.82) is 0 Å². The fraction of sp³-hybridized carbons (Fsp3) is 0.346. The highest BCUT2D eigenvalue weighted by atomic mass is 16.4. The molecule has 2 aromatic carbocycles. The van der Waals surface area contributed by atoms with Crippen molar-refractivity contribution in [2.24, 2.45) is 5.41 Å². The molecule has 0 aliphatic carbocycles. The van der Waals surface area contributed by atoms with E-state index in [1.165, 1.54) is 4.90 Å². The van der Waals surface area contributed by atoms with Crippen LogP contribution in [0.15, 0.2) is 60.7 Å². The van der Waals surface area contributed by atoms with E-state index in [4.69, 9.17) is 0 Å². The van der Waals surface area contributed by atoms with Crippen LogP contribution in [0.3, 0.4) is 0 Å². The average molecular weight is 482 g/mol. The summed E-state index contributed by atoms with van der Waals surface area (Å²) in [6.07, 6.45) is 0.00611. The van der Waals surface area contributed by atoms with Gasteiger partial charge in [-0.1, -0.05) is 69.3 Å². The Morgan fingerprint density at radius 2 is 1.51 bits per heavy atom. The van der Waals surface area contributed by atoms with Gasteiger partial charge in [0.1, 0.15) is 18.4 Å². The van der Waals surface area contributed by atoms with Gasteiger partial charge in [-0.15, -0.1) is 0 Å². The van der Waals surface area contributed by atoms with E-state index in [2.05, 4.69) is 10.6 Å². The number of nitrogens with zero attached hydrogens (tertiary/aromatic N) is 1. The van der Waals surface area contributed by atoms with Gasteiger partial charge in [-0.25, -0.2) is 4.79 Å². The molecule has 0 bridgehead atoms. The zero-order valence-corrected chi connectivity index (χ0v) is 20.1. The highest BCUT2D eigenvalue weighted by Crippen LogP contribution is 2.23. The molecule has 0 saturated carbocycles. The monoisotopic (exact) mass is 481 g/mol. The third-order valence-electron chi connectivity index (χ3n) is 5.25. The second kappa shape index (κ2) is 12.5. The Bertz CT molecular complexity index is 1030. The summed E-state index contributed by atoms with van der Waals surface area (Å²) in [5.74, 6) is -3.01. The summed E-state index contributed by atoms with van der Waals surface area (Å²) in [6, 6.07) is 15.1. The molecule has 9 nitrogen and oxygen atoms in total. The fourth-order valence-electron chi connectivity index (χ4n) is 3.38. The Morgan fingerprint density at radius 3 is 2.03 bits per heavy atom. The number of carbonyl (C=O) groups is 5. The SMILES string of the molecule is CC(C)(C)[C@H](NC(=O)c1ccccc1)C(=O)N(CC(=O)N[C@@H](CC=O)C(=O)O)Cc1ccccc1. The molecule has 35 heavy (non-hydrogen) atoms. The van der Waals surface area contributed by atoms with E-state index in [1.54, 1.807) is 75.4 Å². The number of aliphatic carboxylic acids is 1. The van der Waals surface area contributed by atoms with Crippen molar-refractivity contribution in [1.82, 2.24) is 15.5 Å². The number of aldehydes is 1. The van der Waals surface area contributed by atoms with Gasteiger partial charge in [-0.05, 0) is 23.1 Å². The van der Waals surface area contributed by atoms with Crippen molar-refractivity contribution in [2.75, 3.05) is 6.54 Å². The number of hydrogen-bond acceptors (Lipinski definition) is 5. The second-order valence-corrected chi connectivity index (χ2v) is 9.18. The van der Waals surface area contributed by atoms with Gasteiger partial charge in [0.15, 0.2) is 0 Å². The zero-order valence-electron chi connectivity index (χ0n) is 20.1. The molecule has 0 saturated heterocycles. The van der Waals surface area contributed by atoms with Crippen molar-refractivity contribution in [3.05, 3.63) is 71.8 Å². The lowest BCUT2D eigenvalue weighted by Gasteiger charge is -2.35. The number of carbonyl (C=O) groups excluding carboxylic acids is 4. The average Bonchev–Trinajstić information content (AvgIpc) is 2.81. The van der Waals surface area contributed by atoms with Crippen LogP contribution in [0, 0.1) is 5.41 Å². The highest BCUT2D eigenvalue weighted by Gasteiger charge is 2.37. The van der Waals surface area contributed by atoms with E-state index in [9.17, 15) is 29.1 Å². The molecule has 3 amide bonds. The van der Waals surface area contributed by atoms with Crippen LogP contribution in [0.4, 0.5) is 0 Å². The topological polar surface area (TPSA) is 133 Å². The second-order valence-electron chi connectivity index (χ2n) is 9.18.